The number of nitrogens with one attached hydrogen (secondary N) is 1. The van der Waals surface area contributed by atoms with Gasteiger partial charge in [0.2, 0.25) is 5.91 Å². The smallest absolute Gasteiger partial charge is 0.319 e. The standard InChI is InChI=1S/C15H25N3O3/c19-14(12-5-10-21-11-12)16-13-3-8-18(9-4-13)15(20)17-6-1-2-7-17/h12-13H,1-11H2,(H,16,19). The minimum atomic E-state index is 0.0225. The van der Waals surface area contributed by atoms with E-state index < -0.39 is 0 Å². The number of carbonyl (C=O) groups excluding carboxylic acids is 2. The third-order valence-corrected chi connectivity index (χ3v) is 4.79. The molecule has 1 unspecified atom stereocenters. The van der Waals surface area contributed by atoms with Crippen molar-refractivity contribution in [1.82, 2.24) is 15.1 Å². The maximum absolute atomic E-state index is 12.3. The van der Waals surface area contributed by atoms with E-state index >= 15 is 0 Å². The number of ether oxygens (including phenoxy) is 1. The molecule has 3 fully saturated rings. The van der Waals surface area contributed by atoms with E-state index in [2.05, 4.69) is 5.32 Å². The highest BCUT2D eigenvalue weighted by Crippen LogP contribution is 2.17. The van der Waals surface area contributed by atoms with Crippen LogP contribution in [0.3, 0.4) is 0 Å². The number of nitrogens with zero attached hydrogens (tertiary/aromatic N) is 2. The van der Waals surface area contributed by atoms with E-state index in [1.165, 1.54) is 0 Å². The third-order valence-electron chi connectivity index (χ3n) is 4.79. The van der Waals surface area contributed by atoms with Gasteiger partial charge in [-0.15, -0.1) is 0 Å². The Hall–Kier alpha value is -1.30. The first-order valence-corrected chi connectivity index (χ1v) is 8.16. The lowest BCUT2D eigenvalue weighted by atomic mass is 10.0. The molecule has 3 aliphatic rings. The van der Waals surface area contributed by atoms with Gasteiger partial charge in [-0.1, -0.05) is 0 Å². The fourth-order valence-electron chi connectivity index (χ4n) is 3.38. The molecule has 0 aromatic rings. The summed E-state index contributed by atoms with van der Waals surface area (Å²) in [4.78, 5) is 28.2. The van der Waals surface area contributed by atoms with Crippen molar-refractivity contribution in [1.29, 1.82) is 0 Å². The van der Waals surface area contributed by atoms with Gasteiger partial charge in [0.15, 0.2) is 0 Å². The van der Waals surface area contributed by atoms with Gasteiger partial charge in [0.25, 0.3) is 0 Å². The highest BCUT2D eigenvalue weighted by atomic mass is 16.5. The lowest BCUT2D eigenvalue weighted by Crippen LogP contribution is -2.50. The predicted octanol–water partition coefficient (Wildman–Crippen LogP) is 0.819. The first-order chi connectivity index (χ1) is 10.2. The highest BCUT2D eigenvalue weighted by molar-refractivity contribution is 5.79. The van der Waals surface area contributed by atoms with Gasteiger partial charge in [-0.25, -0.2) is 4.79 Å². The third kappa shape index (κ3) is 3.48. The lowest BCUT2D eigenvalue weighted by Gasteiger charge is -2.35. The maximum Gasteiger partial charge on any atom is 0.319 e. The van der Waals surface area contributed by atoms with Gasteiger partial charge in [0.05, 0.1) is 12.5 Å². The second-order valence-corrected chi connectivity index (χ2v) is 6.31. The molecule has 3 saturated heterocycles. The molecule has 0 spiro atoms. The number of likely N-dealkylation sites (tertiary alicyclic amines) is 2. The zero-order valence-corrected chi connectivity index (χ0v) is 12.6. The number of hydrogen-bond donors (Lipinski definition) is 1. The quantitative estimate of drug-likeness (QED) is 0.820. The van der Waals surface area contributed by atoms with Crippen LogP contribution in [0.15, 0.2) is 0 Å². The average Bonchev–Trinajstić information content (AvgIpc) is 3.20. The van der Waals surface area contributed by atoms with Gasteiger partial charge < -0.3 is 19.9 Å². The fraction of sp³-hybridized carbons (Fsp3) is 0.867. The summed E-state index contributed by atoms with van der Waals surface area (Å²) >= 11 is 0. The first kappa shape index (κ1) is 14.6. The summed E-state index contributed by atoms with van der Waals surface area (Å²) in [6.45, 7) is 4.55. The molecule has 0 bridgehead atoms. The molecule has 3 aliphatic heterocycles. The summed E-state index contributed by atoms with van der Waals surface area (Å²) < 4.78 is 5.25. The van der Waals surface area contributed by atoms with Gasteiger partial charge in [0, 0.05) is 38.8 Å². The van der Waals surface area contributed by atoms with Crippen molar-refractivity contribution in [3.63, 3.8) is 0 Å². The normalized spacial score (nSPS) is 27.1. The number of piperidine rings is 1. The second-order valence-electron chi connectivity index (χ2n) is 6.31. The molecule has 3 rings (SSSR count). The first-order valence-electron chi connectivity index (χ1n) is 8.16. The van der Waals surface area contributed by atoms with E-state index in [1.807, 2.05) is 9.80 Å². The van der Waals surface area contributed by atoms with E-state index in [0.29, 0.717) is 13.2 Å². The topological polar surface area (TPSA) is 61.9 Å². The molecule has 0 aliphatic carbocycles. The van der Waals surface area contributed by atoms with Crippen LogP contribution in [0.1, 0.15) is 32.1 Å². The van der Waals surface area contributed by atoms with Crippen LogP contribution >= 0.6 is 0 Å². The Balaban J connectivity index is 1.42. The largest absolute Gasteiger partial charge is 0.381 e. The molecule has 1 N–H and O–H groups in total. The van der Waals surface area contributed by atoms with Crippen molar-refractivity contribution in [3.05, 3.63) is 0 Å². The van der Waals surface area contributed by atoms with Crippen molar-refractivity contribution < 1.29 is 14.3 Å². The zero-order valence-electron chi connectivity index (χ0n) is 12.6. The minimum absolute atomic E-state index is 0.0225. The molecule has 1 atom stereocenters. The Morgan fingerprint density at radius 2 is 1.62 bits per heavy atom. The number of amides is 3. The Kier molecular flexibility index (Phi) is 4.63. The Morgan fingerprint density at radius 3 is 2.24 bits per heavy atom. The summed E-state index contributed by atoms with van der Waals surface area (Å²) in [5.41, 5.74) is 0. The molecule has 21 heavy (non-hydrogen) atoms. The second kappa shape index (κ2) is 6.64. The van der Waals surface area contributed by atoms with Crippen LogP contribution in [0.4, 0.5) is 4.79 Å². The van der Waals surface area contributed by atoms with Gasteiger partial charge in [0.1, 0.15) is 0 Å². The van der Waals surface area contributed by atoms with E-state index in [-0.39, 0.29) is 23.9 Å². The van der Waals surface area contributed by atoms with Crippen LogP contribution in [0, 0.1) is 5.92 Å². The Bertz CT molecular complexity index is 382. The van der Waals surface area contributed by atoms with Crippen LogP contribution in [0.5, 0.6) is 0 Å². The van der Waals surface area contributed by atoms with Gasteiger partial charge >= 0.3 is 6.03 Å². The Labute approximate surface area is 125 Å². The number of urea groups is 1. The molecule has 3 amide bonds. The van der Waals surface area contributed by atoms with Crippen LogP contribution in [-0.2, 0) is 9.53 Å². The Morgan fingerprint density at radius 1 is 0.952 bits per heavy atom. The van der Waals surface area contributed by atoms with Gasteiger partial charge in [-0.05, 0) is 32.1 Å². The highest BCUT2D eigenvalue weighted by Gasteiger charge is 2.30. The van der Waals surface area contributed by atoms with Crippen LogP contribution < -0.4 is 5.32 Å². The summed E-state index contributed by atoms with van der Waals surface area (Å²) in [6, 6.07) is 0.391. The SMILES string of the molecule is O=C(NC1CCN(C(=O)N2CCCC2)CC1)C1CCOC1. The molecule has 0 radical (unpaired) electrons. The lowest BCUT2D eigenvalue weighted by molar-refractivity contribution is -0.125. The molecule has 118 valence electrons. The van der Waals surface area contributed by atoms with E-state index in [9.17, 15) is 9.59 Å². The van der Waals surface area contributed by atoms with E-state index in [4.69, 9.17) is 4.74 Å². The molecular formula is C15H25N3O3. The van der Waals surface area contributed by atoms with Crippen LogP contribution in [0.2, 0.25) is 0 Å². The summed E-state index contributed by atoms with van der Waals surface area (Å²) in [7, 11) is 0. The van der Waals surface area contributed by atoms with Crippen molar-refractivity contribution in [3.8, 4) is 0 Å². The van der Waals surface area contributed by atoms with Gasteiger partial charge in [-0.2, -0.15) is 0 Å². The van der Waals surface area contributed by atoms with E-state index in [0.717, 1.165) is 58.3 Å². The average molecular weight is 295 g/mol. The minimum Gasteiger partial charge on any atom is -0.381 e. The maximum atomic E-state index is 12.3. The summed E-state index contributed by atoms with van der Waals surface area (Å²) in [6.07, 6.45) is 4.80. The van der Waals surface area contributed by atoms with E-state index in [1.54, 1.807) is 0 Å². The van der Waals surface area contributed by atoms with Crippen LogP contribution in [0.25, 0.3) is 0 Å². The van der Waals surface area contributed by atoms with Crippen molar-refractivity contribution in [2.24, 2.45) is 5.92 Å². The number of carbonyl (C=O) groups is 2. The summed E-state index contributed by atoms with van der Waals surface area (Å²) in [5.74, 6) is 0.145. The molecule has 6 nitrogen and oxygen atoms in total. The van der Waals surface area contributed by atoms with Gasteiger partial charge in [-0.3, -0.25) is 4.79 Å². The molecule has 3 heterocycles. The molecule has 0 saturated carbocycles. The van der Waals surface area contributed by atoms with Crippen molar-refractivity contribution >= 4 is 11.9 Å². The summed E-state index contributed by atoms with van der Waals surface area (Å²) in [5, 5.41) is 3.12. The number of hydrogen-bond acceptors (Lipinski definition) is 3. The fourth-order valence-corrected chi connectivity index (χ4v) is 3.38. The molecule has 0 aromatic carbocycles. The number of rotatable bonds is 2. The van der Waals surface area contributed by atoms with Crippen molar-refractivity contribution in [2.75, 3.05) is 39.4 Å². The monoisotopic (exact) mass is 295 g/mol. The predicted molar refractivity (Wildman–Crippen MR) is 77.9 cm³/mol. The van der Waals surface area contributed by atoms with Crippen LogP contribution in [-0.4, -0.2) is 67.2 Å². The zero-order chi connectivity index (χ0) is 14.7. The molecular weight excluding hydrogens is 270 g/mol. The van der Waals surface area contributed by atoms with Crippen molar-refractivity contribution in [2.45, 2.75) is 38.1 Å². The molecule has 6 heteroatoms. The molecule has 0 aromatic heterocycles.